The van der Waals surface area contributed by atoms with Gasteiger partial charge in [-0.1, -0.05) is 29.3 Å². The lowest BCUT2D eigenvalue weighted by Crippen LogP contribution is -2.43. The molecule has 1 saturated heterocycles. The van der Waals surface area contributed by atoms with E-state index in [1.165, 1.54) is 16.7 Å². The maximum absolute atomic E-state index is 12.3. The number of nitrogens with zero attached hydrogens (tertiary/aromatic N) is 1. The highest BCUT2D eigenvalue weighted by Gasteiger charge is 2.28. The molecule has 0 radical (unpaired) electrons. The van der Waals surface area contributed by atoms with Gasteiger partial charge in [-0.3, -0.25) is 4.79 Å². The van der Waals surface area contributed by atoms with E-state index in [4.69, 9.17) is 0 Å². The highest BCUT2D eigenvalue weighted by atomic mass is 32.2. The number of sulfone groups is 1. The Hall–Kier alpha value is -1.01. The van der Waals surface area contributed by atoms with E-state index in [0.717, 1.165) is 5.75 Å². The molecule has 0 N–H and O–H groups in total. The van der Waals surface area contributed by atoms with Gasteiger partial charge >= 0.3 is 0 Å². The van der Waals surface area contributed by atoms with Crippen LogP contribution in [0.3, 0.4) is 0 Å². The van der Waals surface area contributed by atoms with Crippen molar-refractivity contribution in [3.63, 3.8) is 0 Å². The van der Waals surface area contributed by atoms with Gasteiger partial charge in [0.15, 0.2) is 0 Å². The fourth-order valence-corrected chi connectivity index (χ4v) is 5.33. The fraction of sp³-hybridized carbons (Fsp3) is 0.588. The maximum Gasteiger partial charge on any atom is 0.232 e. The lowest BCUT2D eigenvalue weighted by Gasteiger charge is -2.31. The van der Waals surface area contributed by atoms with E-state index in [2.05, 4.69) is 32.0 Å². The number of carbonyl (C=O) groups is 1. The van der Waals surface area contributed by atoms with Gasteiger partial charge < -0.3 is 4.90 Å². The molecule has 2 rings (SSSR count). The second kappa shape index (κ2) is 7.71. The Morgan fingerprint density at radius 3 is 2.30 bits per heavy atom. The molecule has 1 fully saturated rings. The molecular weight excluding hydrogens is 330 g/mol. The Balaban J connectivity index is 1.80. The van der Waals surface area contributed by atoms with Crippen LogP contribution < -0.4 is 0 Å². The van der Waals surface area contributed by atoms with E-state index in [-0.39, 0.29) is 23.5 Å². The summed E-state index contributed by atoms with van der Waals surface area (Å²) >= 11 is 1.61. The number of hydrogen-bond donors (Lipinski definition) is 0. The van der Waals surface area contributed by atoms with Crippen molar-refractivity contribution in [1.82, 2.24) is 4.90 Å². The molecule has 0 atom stereocenters. The molecule has 1 aliphatic rings. The zero-order valence-corrected chi connectivity index (χ0v) is 15.7. The molecule has 1 aromatic carbocycles. The normalized spacial score (nSPS) is 17.9. The van der Waals surface area contributed by atoms with Crippen LogP contribution in [0.5, 0.6) is 0 Å². The third-order valence-corrected chi connectivity index (χ3v) is 6.94. The molecule has 4 nitrogen and oxygen atoms in total. The van der Waals surface area contributed by atoms with Crippen molar-refractivity contribution in [2.24, 2.45) is 0 Å². The molecule has 6 heteroatoms. The lowest BCUT2D eigenvalue weighted by atomic mass is 10.1. The van der Waals surface area contributed by atoms with Gasteiger partial charge in [-0.15, -0.1) is 11.8 Å². The van der Waals surface area contributed by atoms with Crippen molar-refractivity contribution in [1.29, 1.82) is 0 Å². The Labute approximate surface area is 143 Å². The summed E-state index contributed by atoms with van der Waals surface area (Å²) in [5.41, 5.74) is 3.73. The molecule has 1 aliphatic heterocycles. The number of hydrogen-bond acceptors (Lipinski definition) is 4. The molecule has 1 heterocycles. The van der Waals surface area contributed by atoms with E-state index in [0.29, 0.717) is 18.6 Å². The molecule has 0 saturated carbocycles. The van der Waals surface area contributed by atoms with Gasteiger partial charge in [0.2, 0.25) is 5.91 Å². The van der Waals surface area contributed by atoms with Gasteiger partial charge in [0.05, 0.1) is 17.3 Å². The second-order valence-electron chi connectivity index (χ2n) is 6.38. The molecule has 0 spiro atoms. The van der Waals surface area contributed by atoms with Gasteiger partial charge in [0.25, 0.3) is 0 Å². The quantitative estimate of drug-likeness (QED) is 0.815. The minimum atomic E-state index is -2.88. The highest BCUT2D eigenvalue weighted by Crippen LogP contribution is 2.20. The van der Waals surface area contributed by atoms with Crippen LogP contribution >= 0.6 is 11.8 Å². The molecule has 0 aliphatic carbocycles. The van der Waals surface area contributed by atoms with Crippen LogP contribution in [-0.4, -0.2) is 49.6 Å². The molecular formula is C17H25NO3S2. The lowest BCUT2D eigenvalue weighted by molar-refractivity contribution is -0.129. The van der Waals surface area contributed by atoms with Crippen molar-refractivity contribution < 1.29 is 13.2 Å². The van der Waals surface area contributed by atoms with E-state index < -0.39 is 9.84 Å². The molecule has 0 unspecified atom stereocenters. The number of carbonyl (C=O) groups excluding carboxylic acids is 1. The molecule has 1 amide bonds. The molecule has 0 aromatic heterocycles. The summed E-state index contributed by atoms with van der Waals surface area (Å²) in [6.07, 6.45) is 1.12. The van der Waals surface area contributed by atoms with Crippen molar-refractivity contribution in [2.45, 2.75) is 38.5 Å². The standard InChI is InChI=1S/C17H25NO3S2/c1-13-8-14(2)10-15(9-13)11-22-12-17(19)18(3)16-4-6-23(20,21)7-5-16/h8-10,16H,4-7,11-12H2,1-3H3. The number of thioether (sulfide) groups is 1. The highest BCUT2D eigenvalue weighted by molar-refractivity contribution is 7.99. The van der Waals surface area contributed by atoms with Crippen LogP contribution in [0, 0.1) is 13.8 Å². The first-order chi connectivity index (χ1) is 10.8. The first kappa shape index (κ1) is 18.3. The van der Waals surface area contributed by atoms with E-state index >= 15 is 0 Å². The maximum atomic E-state index is 12.3. The Kier molecular flexibility index (Phi) is 6.14. The van der Waals surface area contributed by atoms with Gasteiger partial charge in [-0.05, 0) is 32.3 Å². The first-order valence-corrected chi connectivity index (χ1v) is 10.9. The minimum Gasteiger partial charge on any atom is -0.342 e. The predicted molar refractivity (Wildman–Crippen MR) is 96.5 cm³/mol. The third-order valence-electron chi connectivity index (χ3n) is 4.24. The van der Waals surface area contributed by atoms with E-state index in [1.54, 1.807) is 23.7 Å². The number of amides is 1. The summed E-state index contributed by atoms with van der Waals surface area (Å²) in [5, 5.41) is 0. The van der Waals surface area contributed by atoms with Crippen molar-refractivity contribution in [3.05, 3.63) is 34.9 Å². The average Bonchev–Trinajstić information content (AvgIpc) is 2.45. The topological polar surface area (TPSA) is 54.5 Å². The summed E-state index contributed by atoms with van der Waals surface area (Å²) in [6, 6.07) is 6.51. The number of aryl methyl sites for hydroxylation is 2. The van der Waals surface area contributed by atoms with Crippen molar-refractivity contribution >= 4 is 27.5 Å². The van der Waals surface area contributed by atoms with E-state index in [1.807, 2.05) is 0 Å². The van der Waals surface area contributed by atoms with Gasteiger partial charge in [0.1, 0.15) is 9.84 Å². The minimum absolute atomic E-state index is 0.0628. The van der Waals surface area contributed by atoms with Crippen LogP contribution in [0.25, 0.3) is 0 Å². The number of rotatable bonds is 5. The van der Waals surface area contributed by atoms with Crippen molar-refractivity contribution in [3.8, 4) is 0 Å². The summed E-state index contributed by atoms with van der Waals surface area (Å²) in [7, 11) is -1.09. The van der Waals surface area contributed by atoms with Gasteiger partial charge in [-0.2, -0.15) is 0 Å². The van der Waals surface area contributed by atoms with Gasteiger partial charge in [0, 0.05) is 18.8 Å². The van der Waals surface area contributed by atoms with Crippen LogP contribution in [-0.2, 0) is 20.4 Å². The summed E-state index contributed by atoms with van der Waals surface area (Å²) in [5.74, 6) is 1.74. The molecule has 1 aromatic rings. The van der Waals surface area contributed by atoms with E-state index in [9.17, 15) is 13.2 Å². The van der Waals surface area contributed by atoms with Crippen LogP contribution in [0.15, 0.2) is 18.2 Å². The SMILES string of the molecule is Cc1cc(C)cc(CSCC(=O)N(C)C2CCS(=O)(=O)CC2)c1. The summed E-state index contributed by atoms with van der Waals surface area (Å²) in [4.78, 5) is 14.0. The largest absolute Gasteiger partial charge is 0.342 e. The summed E-state index contributed by atoms with van der Waals surface area (Å²) in [6.45, 7) is 4.16. The molecule has 23 heavy (non-hydrogen) atoms. The van der Waals surface area contributed by atoms with Gasteiger partial charge in [-0.25, -0.2) is 8.42 Å². The Morgan fingerprint density at radius 2 is 1.74 bits per heavy atom. The Morgan fingerprint density at radius 1 is 1.17 bits per heavy atom. The zero-order chi connectivity index (χ0) is 17.0. The molecule has 128 valence electrons. The third kappa shape index (κ3) is 5.53. The van der Waals surface area contributed by atoms with Crippen LogP contribution in [0.1, 0.15) is 29.5 Å². The predicted octanol–water partition coefficient (Wildman–Crippen LogP) is 2.57. The number of benzene rings is 1. The van der Waals surface area contributed by atoms with Crippen LogP contribution in [0.4, 0.5) is 0 Å². The second-order valence-corrected chi connectivity index (χ2v) is 9.67. The Bertz CT molecular complexity index is 636. The smallest absolute Gasteiger partial charge is 0.232 e. The summed E-state index contributed by atoms with van der Waals surface area (Å²) < 4.78 is 22.9. The fourth-order valence-electron chi connectivity index (χ4n) is 2.98. The molecule has 0 bridgehead atoms. The first-order valence-electron chi connectivity index (χ1n) is 7.88. The monoisotopic (exact) mass is 355 g/mol. The zero-order valence-electron chi connectivity index (χ0n) is 14.0. The van der Waals surface area contributed by atoms with Crippen molar-refractivity contribution in [2.75, 3.05) is 24.3 Å². The average molecular weight is 356 g/mol. The van der Waals surface area contributed by atoms with Crippen LogP contribution in [0.2, 0.25) is 0 Å².